The van der Waals surface area contributed by atoms with Crippen molar-refractivity contribution < 1.29 is 19.2 Å². The molecule has 0 spiro atoms. The lowest BCUT2D eigenvalue weighted by molar-refractivity contribution is -0.385. The van der Waals surface area contributed by atoms with E-state index in [4.69, 9.17) is 4.74 Å². The van der Waals surface area contributed by atoms with Crippen LogP contribution in [-0.2, 0) is 17.3 Å². The van der Waals surface area contributed by atoms with Crippen molar-refractivity contribution in [2.24, 2.45) is 7.05 Å². The van der Waals surface area contributed by atoms with Crippen molar-refractivity contribution in [2.75, 3.05) is 20.2 Å². The molecule has 0 bridgehead atoms. The van der Waals surface area contributed by atoms with Crippen molar-refractivity contribution in [3.63, 3.8) is 0 Å². The van der Waals surface area contributed by atoms with Crippen molar-refractivity contribution in [1.29, 1.82) is 0 Å². The summed E-state index contributed by atoms with van der Waals surface area (Å²) in [6.45, 7) is 2.21. The third-order valence-corrected chi connectivity index (χ3v) is 5.88. The minimum atomic E-state index is -0.663. The Kier molecular flexibility index (Phi) is 4.71. The Bertz CT molecular complexity index is 1020. The van der Waals surface area contributed by atoms with Crippen LogP contribution in [0.5, 0.6) is 5.75 Å². The first kappa shape index (κ1) is 19.9. The van der Waals surface area contributed by atoms with Crippen molar-refractivity contribution in [1.82, 2.24) is 19.8 Å². The van der Waals surface area contributed by atoms with Gasteiger partial charge in [0.15, 0.2) is 0 Å². The number of ether oxygens (including phenoxy) is 1. The number of nitro groups is 1. The van der Waals surface area contributed by atoms with Gasteiger partial charge in [0, 0.05) is 20.1 Å². The summed E-state index contributed by atoms with van der Waals surface area (Å²) in [5.41, 5.74) is -0.0527. The second kappa shape index (κ2) is 7.12. The van der Waals surface area contributed by atoms with Gasteiger partial charge in [-0.05, 0) is 43.9 Å². The first-order valence-corrected chi connectivity index (χ1v) is 9.76. The molecule has 1 aliphatic heterocycles. The lowest BCUT2D eigenvalue weighted by Gasteiger charge is -2.31. The smallest absolute Gasteiger partial charge is 0.322 e. The molecule has 10 heteroatoms. The molecule has 1 saturated carbocycles. The fraction of sp³-hybridized carbons (Fsp3) is 0.450. The number of carbonyl (C=O) groups excluding carboxylic acids is 2. The molecule has 1 saturated heterocycles. The molecule has 4 rings (SSSR count). The summed E-state index contributed by atoms with van der Waals surface area (Å²) in [5.74, 6) is -0.0277. The highest BCUT2D eigenvalue weighted by atomic mass is 16.6. The van der Waals surface area contributed by atoms with Crippen molar-refractivity contribution >= 4 is 17.5 Å². The van der Waals surface area contributed by atoms with Crippen LogP contribution in [0.3, 0.4) is 0 Å². The lowest BCUT2D eigenvalue weighted by Crippen LogP contribution is -2.49. The third-order valence-electron chi connectivity index (χ3n) is 5.88. The van der Waals surface area contributed by atoms with Gasteiger partial charge in [-0.1, -0.05) is 12.1 Å². The summed E-state index contributed by atoms with van der Waals surface area (Å²) in [6.07, 6.45) is 2.00. The van der Waals surface area contributed by atoms with Crippen molar-refractivity contribution in [3.05, 3.63) is 51.3 Å². The maximum Gasteiger partial charge on any atom is 0.322 e. The zero-order valence-electron chi connectivity index (χ0n) is 17.1. The number of nitrogens with zero attached hydrogens (tertiary/aromatic N) is 5. The molecule has 2 aromatic rings. The van der Waals surface area contributed by atoms with Gasteiger partial charge in [-0.15, -0.1) is 0 Å². The molecule has 1 aromatic carbocycles. The Balaban J connectivity index is 1.63. The minimum Gasteiger partial charge on any atom is -0.497 e. The second-order valence-electron chi connectivity index (χ2n) is 7.68. The van der Waals surface area contributed by atoms with Gasteiger partial charge in [0.1, 0.15) is 11.4 Å². The Morgan fingerprint density at radius 3 is 2.37 bits per heavy atom. The average Bonchev–Trinajstić information content (AvgIpc) is 3.28. The number of benzene rings is 1. The highest BCUT2D eigenvalue weighted by Crippen LogP contribution is 2.50. The Morgan fingerprint density at radius 2 is 1.80 bits per heavy atom. The molecule has 0 atom stereocenters. The van der Waals surface area contributed by atoms with Gasteiger partial charge >= 0.3 is 5.69 Å². The molecule has 158 valence electrons. The summed E-state index contributed by atoms with van der Waals surface area (Å²) in [5, 5.41) is 18.3. The van der Waals surface area contributed by atoms with E-state index in [-0.39, 0.29) is 23.0 Å². The van der Waals surface area contributed by atoms with Crippen LogP contribution in [0.2, 0.25) is 0 Å². The zero-order chi connectivity index (χ0) is 21.6. The first-order chi connectivity index (χ1) is 14.3. The Labute approximate surface area is 173 Å². The fourth-order valence-corrected chi connectivity index (χ4v) is 4.17. The molecule has 1 aromatic heterocycles. The highest BCUT2D eigenvalue weighted by molar-refractivity contribution is 5.99. The number of carbonyl (C=O) groups is 2. The molecule has 1 aliphatic carbocycles. The highest BCUT2D eigenvalue weighted by Gasteiger charge is 2.55. The summed E-state index contributed by atoms with van der Waals surface area (Å²) in [7, 11) is 3.08. The van der Waals surface area contributed by atoms with E-state index in [0.29, 0.717) is 38.1 Å². The van der Waals surface area contributed by atoms with Crippen molar-refractivity contribution in [2.45, 2.75) is 31.6 Å². The minimum absolute atomic E-state index is 0.119. The molecule has 30 heavy (non-hydrogen) atoms. The Morgan fingerprint density at radius 1 is 1.17 bits per heavy atom. The molecule has 10 nitrogen and oxygen atoms in total. The molecular weight excluding hydrogens is 390 g/mol. The van der Waals surface area contributed by atoms with E-state index in [1.807, 2.05) is 24.3 Å². The van der Waals surface area contributed by atoms with E-state index >= 15 is 0 Å². The third kappa shape index (κ3) is 2.99. The topological polar surface area (TPSA) is 111 Å². The molecule has 2 aliphatic rings. The monoisotopic (exact) mass is 413 g/mol. The van der Waals surface area contributed by atoms with Gasteiger partial charge in [-0.2, -0.15) is 5.10 Å². The van der Waals surface area contributed by atoms with E-state index < -0.39 is 16.2 Å². The maximum absolute atomic E-state index is 13.5. The average molecular weight is 413 g/mol. The van der Waals surface area contributed by atoms with Gasteiger partial charge in [0.05, 0.1) is 17.4 Å². The predicted octanol–water partition coefficient (Wildman–Crippen LogP) is 1.97. The van der Waals surface area contributed by atoms with Crippen LogP contribution in [0, 0.1) is 17.0 Å². The van der Waals surface area contributed by atoms with Crippen LogP contribution in [-0.4, -0.2) is 56.7 Å². The van der Waals surface area contributed by atoms with Gasteiger partial charge < -0.3 is 4.74 Å². The number of amides is 2. The van der Waals surface area contributed by atoms with E-state index in [2.05, 4.69) is 5.10 Å². The van der Waals surface area contributed by atoms with Gasteiger partial charge in [0.2, 0.25) is 5.69 Å². The van der Waals surface area contributed by atoms with Gasteiger partial charge in [-0.3, -0.25) is 29.4 Å². The normalized spacial score (nSPS) is 17.2. The molecule has 0 radical (unpaired) electrons. The molecule has 0 unspecified atom stereocenters. The van der Waals surface area contributed by atoms with Crippen LogP contribution in [0.15, 0.2) is 24.3 Å². The number of methoxy groups -OCH3 is 1. The summed E-state index contributed by atoms with van der Waals surface area (Å²) < 4.78 is 6.41. The predicted molar refractivity (Wildman–Crippen MR) is 106 cm³/mol. The summed E-state index contributed by atoms with van der Waals surface area (Å²) in [6, 6.07) is 7.39. The van der Waals surface area contributed by atoms with E-state index in [1.165, 1.54) is 28.7 Å². The summed E-state index contributed by atoms with van der Waals surface area (Å²) in [4.78, 5) is 37.6. The largest absolute Gasteiger partial charge is 0.497 e. The number of hydrogen-bond donors (Lipinski definition) is 0. The van der Waals surface area contributed by atoms with E-state index in [0.717, 1.165) is 5.56 Å². The Hall–Kier alpha value is -3.43. The van der Waals surface area contributed by atoms with Crippen LogP contribution in [0.4, 0.5) is 5.69 Å². The van der Waals surface area contributed by atoms with Crippen LogP contribution in [0.25, 0.3) is 0 Å². The molecule has 2 amide bonds. The number of aryl methyl sites for hydroxylation is 2. The SMILES string of the molecule is COc1ccc(C2(C(=O)N3CCCN3C(=O)c3c([N+](=O)[O-])c(C)nn3C)CC2)cc1. The van der Waals surface area contributed by atoms with E-state index in [1.54, 1.807) is 7.11 Å². The number of aromatic nitrogens is 2. The quantitative estimate of drug-likeness (QED) is 0.547. The van der Waals surface area contributed by atoms with Crippen LogP contribution < -0.4 is 4.74 Å². The molecule has 2 fully saturated rings. The number of hydrazine groups is 1. The maximum atomic E-state index is 13.5. The molecular formula is C20H23N5O5. The zero-order valence-corrected chi connectivity index (χ0v) is 17.1. The lowest BCUT2D eigenvalue weighted by atomic mass is 9.94. The fourth-order valence-electron chi connectivity index (χ4n) is 4.17. The summed E-state index contributed by atoms with van der Waals surface area (Å²) >= 11 is 0. The molecule has 0 N–H and O–H groups in total. The first-order valence-electron chi connectivity index (χ1n) is 9.76. The number of rotatable bonds is 5. The standard InChI is InChI=1S/C20H23N5O5/c1-13-16(25(28)29)17(22(2)21-13)18(26)23-11-4-12-24(23)19(27)20(9-10-20)14-5-7-15(30-3)8-6-14/h5-8H,4,9-12H2,1-3H3. The van der Waals surface area contributed by atoms with Crippen LogP contribution in [0.1, 0.15) is 41.0 Å². The number of hydrogen-bond acceptors (Lipinski definition) is 6. The van der Waals surface area contributed by atoms with E-state index in [9.17, 15) is 19.7 Å². The van der Waals surface area contributed by atoms with Crippen LogP contribution >= 0.6 is 0 Å². The van der Waals surface area contributed by atoms with Gasteiger partial charge in [0.25, 0.3) is 11.8 Å². The molecule has 2 heterocycles. The van der Waals surface area contributed by atoms with Gasteiger partial charge in [-0.25, -0.2) is 5.01 Å². The second-order valence-corrected chi connectivity index (χ2v) is 7.68. The van der Waals surface area contributed by atoms with Crippen molar-refractivity contribution in [3.8, 4) is 5.75 Å².